The molecule has 106 valence electrons. The molecule has 2 amide bonds. The molecule has 0 aliphatic carbocycles. The Balaban J connectivity index is 2.52. The summed E-state index contributed by atoms with van der Waals surface area (Å²) in [7, 11) is 1.76. The number of amides is 2. The first kappa shape index (κ1) is 15.0. The van der Waals surface area contributed by atoms with Crippen molar-refractivity contribution in [2.75, 3.05) is 11.9 Å². The van der Waals surface area contributed by atoms with Gasteiger partial charge in [0.1, 0.15) is 0 Å². The van der Waals surface area contributed by atoms with Crippen molar-refractivity contribution in [3.8, 4) is 0 Å². The van der Waals surface area contributed by atoms with E-state index in [0.717, 1.165) is 0 Å². The first-order valence-electron chi connectivity index (χ1n) is 6.09. The molecule has 0 fully saturated rings. The van der Waals surface area contributed by atoms with Gasteiger partial charge < -0.3 is 15.7 Å². The third-order valence-corrected chi connectivity index (χ3v) is 2.87. The summed E-state index contributed by atoms with van der Waals surface area (Å²) in [5.74, 6) is -1.55. The van der Waals surface area contributed by atoms with E-state index in [2.05, 4.69) is 15.7 Å². The number of carboxylic acids is 1. The van der Waals surface area contributed by atoms with E-state index in [1.165, 1.54) is 0 Å². The summed E-state index contributed by atoms with van der Waals surface area (Å²) in [4.78, 5) is 22.7. The monoisotopic (exact) mass is 268 g/mol. The number of aromatic nitrogens is 2. The second-order valence-electron chi connectivity index (χ2n) is 4.83. The number of anilines is 1. The molecule has 1 heterocycles. The van der Waals surface area contributed by atoms with Crippen molar-refractivity contribution in [2.24, 2.45) is 18.9 Å². The Bertz CT molecular complexity index is 468. The molecular formula is C12H20N4O3. The summed E-state index contributed by atoms with van der Waals surface area (Å²) >= 11 is 0. The number of aryl methyl sites for hydroxylation is 2. The van der Waals surface area contributed by atoms with Gasteiger partial charge in [-0.2, -0.15) is 5.10 Å². The van der Waals surface area contributed by atoms with Crippen molar-refractivity contribution < 1.29 is 14.7 Å². The van der Waals surface area contributed by atoms with Crippen molar-refractivity contribution >= 4 is 17.7 Å². The lowest BCUT2D eigenvalue weighted by molar-refractivity contribution is -0.142. The molecule has 0 spiro atoms. The molecular weight excluding hydrogens is 248 g/mol. The number of urea groups is 1. The van der Waals surface area contributed by atoms with Crippen molar-refractivity contribution in [3.63, 3.8) is 0 Å². The Morgan fingerprint density at radius 1 is 1.47 bits per heavy atom. The molecule has 1 aromatic heterocycles. The van der Waals surface area contributed by atoms with Crippen LogP contribution < -0.4 is 10.6 Å². The van der Waals surface area contributed by atoms with E-state index < -0.39 is 17.9 Å². The quantitative estimate of drug-likeness (QED) is 0.747. The van der Waals surface area contributed by atoms with Crippen molar-refractivity contribution in [1.29, 1.82) is 0 Å². The molecule has 0 aliphatic rings. The van der Waals surface area contributed by atoms with Crippen LogP contribution in [0.3, 0.4) is 0 Å². The molecule has 0 radical (unpaired) electrons. The maximum Gasteiger partial charge on any atom is 0.319 e. The first-order chi connectivity index (χ1) is 8.81. The SMILES string of the molecule is Cc1nn(C)cc1NC(=O)NCC(C(=O)O)C(C)C. The van der Waals surface area contributed by atoms with Gasteiger partial charge in [-0.1, -0.05) is 13.8 Å². The molecule has 7 nitrogen and oxygen atoms in total. The number of nitrogens with one attached hydrogen (secondary N) is 2. The molecule has 1 atom stereocenters. The Morgan fingerprint density at radius 2 is 2.11 bits per heavy atom. The van der Waals surface area contributed by atoms with E-state index in [4.69, 9.17) is 5.11 Å². The van der Waals surface area contributed by atoms with Crippen LogP contribution >= 0.6 is 0 Å². The standard InChI is InChI=1S/C12H20N4O3/c1-7(2)9(11(17)18)5-13-12(19)14-10-6-16(4)15-8(10)3/h6-7,9H,5H2,1-4H3,(H,17,18)(H2,13,14,19). The van der Waals surface area contributed by atoms with E-state index in [-0.39, 0.29) is 12.5 Å². The van der Waals surface area contributed by atoms with Crippen LogP contribution in [0.4, 0.5) is 10.5 Å². The van der Waals surface area contributed by atoms with Crippen LogP contribution in [0.15, 0.2) is 6.20 Å². The average molecular weight is 268 g/mol. The van der Waals surface area contributed by atoms with E-state index in [9.17, 15) is 9.59 Å². The van der Waals surface area contributed by atoms with Gasteiger partial charge in [0.25, 0.3) is 0 Å². The molecule has 0 aromatic carbocycles. The lowest BCUT2D eigenvalue weighted by atomic mass is 9.96. The number of carbonyl (C=O) groups excluding carboxylic acids is 1. The minimum atomic E-state index is -0.909. The van der Waals surface area contributed by atoms with Gasteiger partial charge in [0.2, 0.25) is 0 Å². The van der Waals surface area contributed by atoms with Gasteiger partial charge >= 0.3 is 12.0 Å². The highest BCUT2D eigenvalue weighted by atomic mass is 16.4. The van der Waals surface area contributed by atoms with E-state index in [1.807, 2.05) is 13.8 Å². The Kier molecular flexibility index (Phi) is 4.91. The highest BCUT2D eigenvalue weighted by molar-refractivity contribution is 5.89. The van der Waals surface area contributed by atoms with Crippen LogP contribution in [0.5, 0.6) is 0 Å². The number of carboxylic acid groups (broad SMARTS) is 1. The molecule has 1 rings (SSSR count). The Morgan fingerprint density at radius 3 is 2.53 bits per heavy atom. The van der Waals surface area contributed by atoms with Gasteiger partial charge in [0.05, 0.1) is 17.3 Å². The topological polar surface area (TPSA) is 96.3 Å². The summed E-state index contributed by atoms with van der Waals surface area (Å²) in [5, 5.41) is 18.3. The highest BCUT2D eigenvalue weighted by Gasteiger charge is 2.22. The van der Waals surface area contributed by atoms with Crippen molar-refractivity contribution in [1.82, 2.24) is 15.1 Å². The minimum absolute atomic E-state index is 0.0436. The lowest BCUT2D eigenvalue weighted by Crippen LogP contribution is -2.37. The smallest absolute Gasteiger partial charge is 0.319 e. The summed E-state index contributed by atoms with van der Waals surface area (Å²) in [6.45, 7) is 5.50. The van der Waals surface area contributed by atoms with Crippen molar-refractivity contribution in [2.45, 2.75) is 20.8 Å². The van der Waals surface area contributed by atoms with Crippen LogP contribution in [0.25, 0.3) is 0 Å². The summed E-state index contributed by atoms with van der Waals surface area (Å²) in [5.41, 5.74) is 1.31. The zero-order valence-corrected chi connectivity index (χ0v) is 11.6. The van der Waals surface area contributed by atoms with E-state index in [1.54, 1.807) is 24.9 Å². The predicted molar refractivity (Wildman–Crippen MR) is 70.9 cm³/mol. The average Bonchev–Trinajstić information content (AvgIpc) is 2.56. The zero-order chi connectivity index (χ0) is 14.6. The predicted octanol–water partition coefficient (Wildman–Crippen LogP) is 1.21. The third kappa shape index (κ3) is 4.27. The maximum absolute atomic E-state index is 11.7. The third-order valence-electron chi connectivity index (χ3n) is 2.87. The van der Waals surface area contributed by atoms with Gasteiger partial charge in [-0.3, -0.25) is 9.48 Å². The van der Waals surface area contributed by atoms with Crippen LogP contribution in [0.1, 0.15) is 19.5 Å². The van der Waals surface area contributed by atoms with Gasteiger partial charge in [-0.05, 0) is 12.8 Å². The summed E-state index contributed by atoms with van der Waals surface area (Å²) in [6.07, 6.45) is 1.69. The molecule has 1 unspecified atom stereocenters. The maximum atomic E-state index is 11.7. The van der Waals surface area contributed by atoms with E-state index in [0.29, 0.717) is 11.4 Å². The van der Waals surface area contributed by atoms with Gasteiger partial charge in [0.15, 0.2) is 0 Å². The molecule has 0 saturated heterocycles. The molecule has 0 saturated carbocycles. The second-order valence-corrected chi connectivity index (χ2v) is 4.83. The fraction of sp³-hybridized carbons (Fsp3) is 0.583. The molecule has 3 N–H and O–H groups in total. The first-order valence-corrected chi connectivity index (χ1v) is 6.09. The Hall–Kier alpha value is -2.05. The number of hydrogen-bond donors (Lipinski definition) is 3. The fourth-order valence-corrected chi connectivity index (χ4v) is 1.70. The van der Waals surface area contributed by atoms with Gasteiger partial charge in [-0.25, -0.2) is 4.79 Å². The molecule has 19 heavy (non-hydrogen) atoms. The summed E-state index contributed by atoms with van der Waals surface area (Å²) < 4.78 is 1.60. The minimum Gasteiger partial charge on any atom is -0.481 e. The molecule has 0 aliphatic heterocycles. The van der Waals surface area contributed by atoms with Crippen LogP contribution in [0.2, 0.25) is 0 Å². The Labute approximate surface area is 112 Å². The van der Waals surface area contributed by atoms with Gasteiger partial charge in [0, 0.05) is 19.8 Å². The van der Waals surface area contributed by atoms with Gasteiger partial charge in [-0.15, -0.1) is 0 Å². The highest BCUT2D eigenvalue weighted by Crippen LogP contribution is 2.12. The van der Waals surface area contributed by atoms with Crippen LogP contribution in [-0.2, 0) is 11.8 Å². The van der Waals surface area contributed by atoms with Crippen molar-refractivity contribution in [3.05, 3.63) is 11.9 Å². The second kappa shape index (κ2) is 6.21. The normalized spacial score (nSPS) is 12.3. The van der Waals surface area contributed by atoms with Crippen LogP contribution in [0, 0.1) is 18.8 Å². The van der Waals surface area contributed by atoms with E-state index >= 15 is 0 Å². The molecule has 0 bridgehead atoms. The zero-order valence-electron chi connectivity index (χ0n) is 11.6. The van der Waals surface area contributed by atoms with Crippen LogP contribution in [-0.4, -0.2) is 33.4 Å². The number of hydrogen-bond acceptors (Lipinski definition) is 3. The number of nitrogens with zero attached hydrogens (tertiary/aromatic N) is 2. The largest absolute Gasteiger partial charge is 0.481 e. The molecule has 7 heteroatoms. The summed E-state index contributed by atoms with van der Waals surface area (Å²) in [6, 6.07) is -0.428. The molecule has 1 aromatic rings. The number of rotatable bonds is 5. The fourth-order valence-electron chi connectivity index (χ4n) is 1.70. The number of aliphatic carboxylic acids is 1. The lowest BCUT2D eigenvalue weighted by Gasteiger charge is -2.16. The number of carbonyl (C=O) groups is 2.